The molecule has 2 aliphatic rings. The SMILES string of the molecule is COC(=O)C(c1ccn[nH]1)c1nc2c(s1)c1cnn(CC3=CC=CC4NN=CC34)c(=O)c1n2C. The number of carbonyl (C=O) groups is 1. The van der Waals surface area contributed by atoms with Crippen molar-refractivity contribution in [1.82, 2.24) is 35.0 Å². The van der Waals surface area contributed by atoms with E-state index in [2.05, 4.69) is 31.9 Å². The molecule has 0 spiro atoms. The number of nitrogens with one attached hydrogen (secondary N) is 2. The highest BCUT2D eigenvalue weighted by Gasteiger charge is 2.31. The van der Waals surface area contributed by atoms with Crippen molar-refractivity contribution in [2.45, 2.75) is 18.5 Å². The van der Waals surface area contributed by atoms with Gasteiger partial charge in [-0.15, -0.1) is 11.3 Å². The first-order valence-corrected chi connectivity index (χ1v) is 11.5. The molecule has 11 nitrogen and oxygen atoms in total. The van der Waals surface area contributed by atoms with Gasteiger partial charge in [0.1, 0.15) is 10.5 Å². The first-order chi connectivity index (χ1) is 16.6. The minimum Gasteiger partial charge on any atom is -0.468 e. The molecule has 12 heteroatoms. The molecule has 0 fully saturated rings. The van der Waals surface area contributed by atoms with Crippen molar-refractivity contribution < 1.29 is 9.53 Å². The monoisotopic (exact) mass is 476 g/mol. The standard InChI is InChI=1S/C22H20N8O3S/c1-29-17-13(9-25-30(21(17)31)10-11-4-3-5-14-12(11)8-24-27-14)18-19(29)26-20(34-18)16(22(32)33-2)15-6-7-23-28-15/h3-9,12,14,16,27H,10H2,1-2H3,(H,23,28). The minimum atomic E-state index is -0.728. The van der Waals surface area contributed by atoms with Crippen LogP contribution in [0.25, 0.3) is 21.3 Å². The van der Waals surface area contributed by atoms with E-state index in [1.165, 1.54) is 23.1 Å². The third-order valence-corrected chi connectivity index (χ3v) is 7.44. The number of fused-ring (bicyclic) bond motifs is 4. The van der Waals surface area contributed by atoms with Gasteiger partial charge in [0.25, 0.3) is 5.56 Å². The number of allylic oxidation sites excluding steroid dienone is 2. The molecule has 0 amide bonds. The largest absolute Gasteiger partial charge is 0.468 e. The van der Waals surface area contributed by atoms with Crippen LogP contribution in [-0.4, -0.2) is 54.9 Å². The van der Waals surface area contributed by atoms with Gasteiger partial charge in [-0.05, 0) is 11.6 Å². The lowest BCUT2D eigenvalue weighted by molar-refractivity contribution is -0.141. The molecule has 2 N–H and O–H groups in total. The van der Waals surface area contributed by atoms with Gasteiger partial charge in [0.15, 0.2) is 11.6 Å². The molecule has 4 aromatic rings. The van der Waals surface area contributed by atoms with Gasteiger partial charge >= 0.3 is 5.97 Å². The zero-order valence-corrected chi connectivity index (χ0v) is 19.1. The lowest BCUT2D eigenvalue weighted by atomic mass is 9.89. The molecule has 5 heterocycles. The molecule has 3 unspecified atom stereocenters. The van der Waals surface area contributed by atoms with E-state index in [-0.39, 0.29) is 17.5 Å². The van der Waals surface area contributed by atoms with E-state index in [1.807, 2.05) is 18.4 Å². The highest BCUT2D eigenvalue weighted by atomic mass is 32.1. The van der Waals surface area contributed by atoms with Crippen LogP contribution in [0.4, 0.5) is 0 Å². The van der Waals surface area contributed by atoms with E-state index in [4.69, 9.17) is 9.72 Å². The smallest absolute Gasteiger partial charge is 0.321 e. The Labute approximate surface area is 196 Å². The number of ether oxygens (including phenoxy) is 1. The Morgan fingerprint density at radius 3 is 3.06 bits per heavy atom. The number of aromatic amines is 1. The summed E-state index contributed by atoms with van der Waals surface area (Å²) in [6.07, 6.45) is 11.2. The zero-order valence-electron chi connectivity index (χ0n) is 18.3. The second-order valence-electron chi connectivity index (χ2n) is 8.19. The van der Waals surface area contributed by atoms with E-state index >= 15 is 0 Å². The fraction of sp³-hybridized carbons (Fsp3) is 0.273. The average Bonchev–Trinajstić information content (AvgIpc) is 3.63. The molecule has 0 bridgehead atoms. The molecule has 4 aromatic heterocycles. The molecule has 34 heavy (non-hydrogen) atoms. The number of esters is 1. The maximum absolute atomic E-state index is 13.4. The Hall–Kier alpha value is -4.06. The highest BCUT2D eigenvalue weighted by Crippen LogP contribution is 2.36. The van der Waals surface area contributed by atoms with Crippen LogP contribution >= 0.6 is 11.3 Å². The normalized spacial score (nSPS) is 19.9. The van der Waals surface area contributed by atoms with Gasteiger partial charge in [0, 0.05) is 30.8 Å². The third-order valence-electron chi connectivity index (χ3n) is 6.29. The van der Waals surface area contributed by atoms with E-state index in [0.29, 0.717) is 33.8 Å². The number of thiazole rings is 1. The molecule has 1 aliphatic carbocycles. The summed E-state index contributed by atoms with van der Waals surface area (Å²) in [5.74, 6) is -1.06. The Morgan fingerprint density at radius 2 is 2.26 bits per heavy atom. The summed E-state index contributed by atoms with van der Waals surface area (Å²) in [6.45, 7) is 0.371. The molecule has 172 valence electrons. The number of H-pyrrole nitrogens is 1. The van der Waals surface area contributed by atoms with E-state index in [1.54, 1.807) is 30.1 Å². The molecule has 6 rings (SSSR count). The van der Waals surface area contributed by atoms with Gasteiger partial charge in [0.05, 0.1) is 36.3 Å². The van der Waals surface area contributed by atoms with Gasteiger partial charge in [-0.25, -0.2) is 9.67 Å². The van der Waals surface area contributed by atoms with Crippen molar-refractivity contribution in [1.29, 1.82) is 0 Å². The predicted octanol–water partition coefficient (Wildman–Crippen LogP) is 1.44. The number of rotatable bonds is 5. The lowest BCUT2D eigenvalue weighted by Gasteiger charge is -2.21. The number of hydrogen-bond donors (Lipinski definition) is 2. The first kappa shape index (κ1) is 20.5. The van der Waals surface area contributed by atoms with Crippen LogP contribution in [0.1, 0.15) is 16.6 Å². The van der Waals surface area contributed by atoms with Crippen LogP contribution in [0.3, 0.4) is 0 Å². The predicted molar refractivity (Wildman–Crippen MR) is 127 cm³/mol. The number of carbonyl (C=O) groups excluding carboxylic acids is 1. The number of aryl methyl sites for hydroxylation is 1. The van der Waals surface area contributed by atoms with Crippen molar-refractivity contribution in [2.24, 2.45) is 18.1 Å². The van der Waals surface area contributed by atoms with Gasteiger partial charge in [-0.3, -0.25) is 14.7 Å². The topological polar surface area (TPSA) is 132 Å². The summed E-state index contributed by atoms with van der Waals surface area (Å²) in [5.41, 5.74) is 5.66. The Morgan fingerprint density at radius 1 is 1.38 bits per heavy atom. The van der Waals surface area contributed by atoms with Crippen molar-refractivity contribution in [2.75, 3.05) is 7.11 Å². The lowest BCUT2D eigenvalue weighted by Crippen LogP contribution is -2.32. The van der Waals surface area contributed by atoms with Crippen molar-refractivity contribution in [3.05, 3.63) is 63.3 Å². The van der Waals surface area contributed by atoms with E-state index in [9.17, 15) is 9.59 Å². The maximum atomic E-state index is 13.4. The van der Waals surface area contributed by atoms with Crippen LogP contribution < -0.4 is 11.0 Å². The third kappa shape index (κ3) is 3.02. The average molecular weight is 477 g/mol. The van der Waals surface area contributed by atoms with Gasteiger partial charge in [-0.1, -0.05) is 18.2 Å². The molecular weight excluding hydrogens is 456 g/mol. The number of methoxy groups -OCH3 is 1. The zero-order chi connectivity index (χ0) is 23.4. The molecule has 0 saturated carbocycles. The molecule has 0 radical (unpaired) electrons. The highest BCUT2D eigenvalue weighted by molar-refractivity contribution is 7.19. The summed E-state index contributed by atoms with van der Waals surface area (Å²) in [5, 5.41) is 16.7. The van der Waals surface area contributed by atoms with E-state index < -0.39 is 11.9 Å². The van der Waals surface area contributed by atoms with Crippen molar-refractivity contribution in [3.63, 3.8) is 0 Å². The second kappa shape index (κ2) is 7.76. The van der Waals surface area contributed by atoms with Crippen LogP contribution in [0.15, 0.2) is 52.2 Å². The fourth-order valence-corrected chi connectivity index (χ4v) is 5.78. The Kier molecular flexibility index (Phi) is 4.69. The molecule has 0 aromatic carbocycles. The van der Waals surface area contributed by atoms with Crippen LogP contribution in [0, 0.1) is 5.92 Å². The van der Waals surface area contributed by atoms with Gasteiger partial charge in [-0.2, -0.15) is 15.3 Å². The summed E-state index contributed by atoms with van der Waals surface area (Å²) >= 11 is 1.35. The van der Waals surface area contributed by atoms with Crippen molar-refractivity contribution in [3.8, 4) is 0 Å². The van der Waals surface area contributed by atoms with E-state index in [0.717, 1.165) is 10.3 Å². The quantitative estimate of drug-likeness (QED) is 0.417. The maximum Gasteiger partial charge on any atom is 0.321 e. The number of nitrogens with zero attached hydrogens (tertiary/aromatic N) is 6. The van der Waals surface area contributed by atoms with Crippen molar-refractivity contribution >= 4 is 44.8 Å². The number of aromatic nitrogens is 6. The molecule has 0 saturated heterocycles. The van der Waals surface area contributed by atoms with Crippen LogP contribution in [0.2, 0.25) is 0 Å². The number of hydrazone groups is 1. The minimum absolute atomic E-state index is 0.105. The summed E-state index contributed by atoms with van der Waals surface area (Å²) in [6, 6.07) is 1.83. The molecule has 1 aliphatic heterocycles. The van der Waals surface area contributed by atoms with Gasteiger partial charge in [0.2, 0.25) is 0 Å². The molecule has 3 atom stereocenters. The Balaban J connectivity index is 1.42. The fourth-order valence-electron chi connectivity index (χ4n) is 4.56. The van der Waals surface area contributed by atoms with Crippen LogP contribution in [0.5, 0.6) is 0 Å². The van der Waals surface area contributed by atoms with Gasteiger partial charge < -0.3 is 14.7 Å². The second-order valence-corrected chi connectivity index (χ2v) is 9.22. The van der Waals surface area contributed by atoms with Crippen LogP contribution in [-0.2, 0) is 23.1 Å². The number of hydrogen-bond acceptors (Lipinski definition) is 9. The summed E-state index contributed by atoms with van der Waals surface area (Å²) in [7, 11) is 3.14. The summed E-state index contributed by atoms with van der Waals surface area (Å²) < 4.78 is 9.04. The summed E-state index contributed by atoms with van der Waals surface area (Å²) in [4.78, 5) is 30.7. The Bertz CT molecular complexity index is 1570. The molecular formula is C22H20N8O3S. The first-order valence-electron chi connectivity index (χ1n) is 10.6.